The van der Waals surface area contributed by atoms with Gasteiger partial charge in [-0.25, -0.2) is 4.79 Å². The molecule has 0 fully saturated rings. The molecule has 1 amide bonds. The van der Waals surface area contributed by atoms with Crippen molar-refractivity contribution in [3.8, 4) is 0 Å². The Hall–Kier alpha value is -1.46. The number of carboxylic acids is 1. The Morgan fingerprint density at radius 3 is 2.57 bits per heavy atom. The minimum absolute atomic E-state index is 0.300. The number of carboxylic acid groups (broad SMARTS) is 1. The Balaban J connectivity index is 2.58. The Kier molecular flexibility index (Phi) is 7.32. The highest BCUT2D eigenvalue weighted by atomic mass is 35.5. The lowest BCUT2D eigenvalue weighted by Crippen LogP contribution is -2.43. The first-order valence-electron chi connectivity index (χ1n) is 6.50. The monoisotopic (exact) mass is 327 g/mol. The average molecular weight is 328 g/mol. The summed E-state index contributed by atoms with van der Waals surface area (Å²) in [5.41, 5.74) is 0. The van der Waals surface area contributed by atoms with E-state index >= 15 is 0 Å². The molecule has 6 heteroatoms. The molecule has 2 unspecified atom stereocenters. The number of thioether (sulfide) groups is 1. The fourth-order valence-corrected chi connectivity index (χ4v) is 2.60. The van der Waals surface area contributed by atoms with Gasteiger partial charge in [-0.2, -0.15) is 0 Å². The summed E-state index contributed by atoms with van der Waals surface area (Å²) in [6, 6.07) is 6.26. The van der Waals surface area contributed by atoms with Crippen LogP contribution in [0.2, 0.25) is 5.02 Å². The van der Waals surface area contributed by atoms with Gasteiger partial charge in [0.2, 0.25) is 5.91 Å². The first kappa shape index (κ1) is 17.6. The number of nitrogens with one attached hydrogen (secondary N) is 1. The molecule has 21 heavy (non-hydrogen) atoms. The third kappa shape index (κ3) is 6.23. The summed E-state index contributed by atoms with van der Waals surface area (Å²) in [5.74, 6) is -1.33. The van der Waals surface area contributed by atoms with Gasteiger partial charge >= 0.3 is 5.97 Å². The molecule has 1 rings (SSSR count). The van der Waals surface area contributed by atoms with Crippen molar-refractivity contribution in [2.24, 2.45) is 0 Å². The highest BCUT2D eigenvalue weighted by Gasteiger charge is 2.22. The van der Waals surface area contributed by atoms with E-state index < -0.39 is 17.3 Å². The van der Waals surface area contributed by atoms with E-state index in [1.54, 1.807) is 25.1 Å². The van der Waals surface area contributed by atoms with Gasteiger partial charge in [0.15, 0.2) is 0 Å². The quantitative estimate of drug-likeness (QED) is 0.567. The number of carbonyl (C=O) groups is 2. The van der Waals surface area contributed by atoms with Crippen molar-refractivity contribution in [1.82, 2.24) is 5.32 Å². The molecule has 0 aliphatic rings. The van der Waals surface area contributed by atoms with Gasteiger partial charge in [0.1, 0.15) is 6.04 Å². The molecule has 0 heterocycles. The first-order valence-corrected chi connectivity index (χ1v) is 7.76. The van der Waals surface area contributed by atoms with Crippen molar-refractivity contribution in [2.45, 2.75) is 36.0 Å². The van der Waals surface area contributed by atoms with Crippen molar-refractivity contribution in [2.75, 3.05) is 0 Å². The predicted molar refractivity (Wildman–Crippen MR) is 85.8 cm³/mol. The summed E-state index contributed by atoms with van der Waals surface area (Å²) >= 11 is 7.16. The minimum atomic E-state index is -1.03. The number of carbonyl (C=O) groups excluding carboxylic acids is 1. The van der Waals surface area contributed by atoms with Crippen LogP contribution in [0.4, 0.5) is 0 Å². The van der Waals surface area contributed by atoms with E-state index in [9.17, 15) is 9.59 Å². The van der Waals surface area contributed by atoms with Crippen LogP contribution < -0.4 is 5.32 Å². The maximum atomic E-state index is 12.0. The Bertz CT molecular complexity index is 504. The molecule has 0 aliphatic heterocycles. The van der Waals surface area contributed by atoms with E-state index in [1.165, 1.54) is 11.8 Å². The zero-order chi connectivity index (χ0) is 15.8. The number of amides is 1. The molecule has 0 aromatic heterocycles. The van der Waals surface area contributed by atoms with Crippen molar-refractivity contribution in [1.29, 1.82) is 0 Å². The van der Waals surface area contributed by atoms with Gasteiger partial charge in [0.05, 0.1) is 5.25 Å². The van der Waals surface area contributed by atoms with Crippen LogP contribution in [0.3, 0.4) is 0 Å². The summed E-state index contributed by atoms with van der Waals surface area (Å²) in [6.07, 6.45) is 2.51. The standard InChI is InChI=1S/C15H18ClNO3S/c1-3-4-5-13(15(19)20)17-14(18)10(2)21-12-8-6-11(16)7-9-12/h3,6-10,13H,1,4-5H2,2H3,(H,17,18)(H,19,20). The molecule has 1 aromatic carbocycles. The topological polar surface area (TPSA) is 66.4 Å². The van der Waals surface area contributed by atoms with E-state index in [4.69, 9.17) is 16.7 Å². The van der Waals surface area contributed by atoms with Gasteiger partial charge < -0.3 is 10.4 Å². The number of benzene rings is 1. The van der Waals surface area contributed by atoms with E-state index in [0.29, 0.717) is 17.9 Å². The van der Waals surface area contributed by atoms with E-state index in [1.807, 2.05) is 12.1 Å². The molecule has 0 spiro atoms. The van der Waals surface area contributed by atoms with Crippen LogP contribution in [-0.4, -0.2) is 28.3 Å². The molecular weight excluding hydrogens is 310 g/mol. The molecule has 0 aliphatic carbocycles. The van der Waals surface area contributed by atoms with Gasteiger partial charge in [-0.3, -0.25) is 4.79 Å². The second kappa shape index (κ2) is 8.74. The lowest BCUT2D eigenvalue weighted by Gasteiger charge is -2.17. The lowest BCUT2D eigenvalue weighted by atomic mass is 10.1. The molecule has 114 valence electrons. The molecule has 1 aromatic rings. The van der Waals surface area contributed by atoms with Gasteiger partial charge in [-0.15, -0.1) is 18.3 Å². The van der Waals surface area contributed by atoms with E-state index in [2.05, 4.69) is 11.9 Å². The third-order valence-corrected chi connectivity index (χ3v) is 4.13. The largest absolute Gasteiger partial charge is 0.480 e. The van der Waals surface area contributed by atoms with Crippen LogP contribution in [-0.2, 0) is 9.59 Å². The van der Waals surface area contributed by atoms with Crippen LogP contribution in [0.5, 0.6) is 0 Å². The Labute approximate surface area is 133 Å². The molecule has 0 saturated carbocycles. The summed E-state index contributed by atoms with van der Waals surface area (Å²) in [5, 5.41) is 11.9. The zero-order valence-electron chi connectivity index (χ0n) is 11.7. The molecule has 0 radical (unpaired) electrons. The maximum absolute atomic E-state index is 12.0. The molecule has 0 bridgehead atoms. The summed E-state index contributed by atoms with van der Waals surface area (Å²) in [4.78, 5) is 24.0. The first-order chi connectivity index (χ1) is 9.93. The number of rotatable bonds is 8. The van der Waals surface area contributed by atoms with Crippen molar-refractivity contribution in [3.05, 3.63) is 41.9 Å². The molecule has 0 saturated heterocycles. The van der Waals surface area contributed by atoms with Crippen molar-refractivity contribution in [3.63, 3.8) is 0 Å². The molecular formula is C15H18ClNO3S. The summed E-state index contributed by atoms with van der Waals surface area (Å²) in [6.45, 7) is 5.29. The molecule has 4 nitrogen and oxygen atoms in total. The van der Waals surface area contributed by atoms with Gasteiger partial charge in [-0.1, -0.05) is 17.7 Å². The van der Waals surface area contributed by atoms with Crippen molar-refractivity contribution >= 4 is 35.2 Å². The fraction of sp³-hybridized carbons (Fsp3) is 0.333. The Morgan fingerprint density at radius 1 is 1.43 bits per heavy atom. The number of hydrogen-bond acceptors (Lipinski definition) is 3. The highest BCUT2D eigenvalue weighted by Crippen LogP contribution is 2.24. The number of halogens is 1. The summed E-state index contributed by atoms with van der Waals surface area (Å²) < 4.78 is 0. The molecule has 2 N–H and O–H groups in total. The van der Waals surface area contributed by atoms with Gasteiger partial charge in [0, 0.05) is 9.92 Å². The number of allylic oxidation sites excluding steroid dienone is 1. The van der Waals surface area contributed by atoms with Crippen LogP contribution in [0, 0.1) is 0 Å². The zero-order valence-corrected chi connectivity index (χ0v) is 13.3. The SMILES string of the molecule is C=CCCC(NC(=O)C(C)Sc1ccc(Cl)cc1)C(=O)O. The van der Waals surface area contributed by atoms with Crippen molar-refractivity contribution < 1.29 is 14.7 Å². The second-order valence-electron chi connectivity index (χ2n) is 4.48. The molecule has 2 atom stereocenters. The highest BCUT2D eigenvalue weighted by molar-refractivity contribution is 8.00. The van der Waals surface area contributed by atoms with Crippen LogP contribution in [0.25, 0.3) is 0 Å². The summed E-state index contributed by atoms with van der Waals surface area (Å²) in [7, 11) is 0. The predicted octanol–water partition coefficient (Wildman–Crippen LogP) is 3.36. The second-order valence-corrected chi connectivity index (χ2v) is 6.33. The van der Waals surface area contributed by atoms with E-state index in [-0.39, 0.29) is 5.91 Å². The van der Waals surface area contributed by atoms with Crippen LogP contribution >= 0.6 is 23.4 Å². The fourth-order valence-electron chi connectivity index (χ4n) is 1.60. The Morgan fingerprint density at radius 2 is 2.05 bits per heavy atom. The van der Waals surface area contributed by atoms with E-state index in [0.717, 1.165) is 4.90 Å². The smallest absolute Gasteiger partial charge is 0.326 e. The minimum Gasteiger partial charge on any atom is -0.480 e. The third-order valence-electron chi connectivity index (χ3n) is 2.77. The van der Waals surface area contributed by atoms with Gasteiger partial charge in [-0.05, 0) is 44.0 Å². The lowest BCUT2D eigenvalue weighted by molar-refractivity contribution is -0.141. The average Bonchev–Trinajstić information content (AvgIpc) is 2.45. The maximum Gasteiger partial charge on any atom is 0.326 e. The van der Waals surface area contributed by atoms with Crippen LogP contribution in [0.15, 0.2) is 41.8 Å². The normalized spacial score (nSPS) is 13.2. The van der Waals surface area contributed by atoms with Crippen LogP contribution in [0.1, 0.15) is 19.8 Å². The van der Waals surface area contributed by atoms with Gasteiger partial charge in [0.25, 0.3) is 0 Å². The number of hydrogen-bond donors (Lipinski definition) is 2. The number of aliphatic carboxylic acids is 1.